The number of benzene rings is 2. The van der Waals surface area contributed by atoms with Gasteiger partial charge in [0.25, 0.3) is 0 Å². The van der Waals surface area contributed by atoms with Crippen molar-refractivity contribution in [2.24, 2.45) is 0 Å². The minimum atomic E-state index is -3.49. The molecule has 152 valence electrons. The molecular formula is C21H22N2O5S. The molecule has 8 heteroatoms. The molecule has 0 radical (unpaired) electrons. The SMILES string of the molecule is CNS(=O)(=O)c1ccc(CCC(=O)OCC(=O)c2c(C)[nH]c3ccccc23)cc1. The van der Waals surface area contributed by atoms with Crippen LogP contribution in [0.15, 0.2) is 53.4 Å². The lowest BCUT2D eigenvalue weighted by molar-refractivity contribution is -0.142. The maximum atomic E-state index is 12.5. The molecule has 2 N–H and O–H groups in total. The third-order valence-corrected chi connectivity index (χ3v) is 6.09. The third-order valence-electron chi connectivity index (χ3n) is 4.66. The number of para-hydroxylation sites is 1. The van der Waals surface area contributed by atoms with Crippen molar-refractivity contribution < 1.29 is 22.7 Å². The van der Waals surface area contributed by atoms with Crippen LogP contribution in [0.25, 0.3) is 10.9 Å². The molecule has 0 aliphatic rings. The van der Waals surface area contributed by atoms with Crippen molar-refractivity contribution in [2.75, 3.05) is 13.7 Å². The highest BCUT2D eigenvalue weighted by Crippen LogP contribution is 2.22. The fraction of sp³-hybridized carbons (Fsp3) is 0.238. The first-order chi connectivity index (χ1) is 13.8. The lowest BCUT2D eigenvalue weighted by atomic mass is 10.1. The lowest BCUT2D eigenvalue weighted by Crippen LogP contribution is -2.18. The number of sulfonamides is 1. The molecule has 1 heterocycles. The summed E-state index contributed by atoms with van der Waals surface area (Å²) in [6.07, 6.45) is 0.483. The van der Waals surface area contributed by atoms with Crippen LogP contribution in [0.5, 0.6) is 0 Å². The van der Waals surface area contributed by atoms with Gasteiger partial charge in [-0.1, -0.05) is 30.3 Å². The molecule has 0 fully saturated rings. The van der Waals surface area contributed by atoms with Crippen molar-refractivity contribution in [1.29, 1.82) is 0 Å². The van der Waals surface area contributed by atoms with Gasteiger partial charge < -0.3 is 9.72 Å². The number of carbonyl (C=O) groups excluding carboxylic acids is 2. The van der Waals surface area contributed by atoms with Crippen molar-refractivity contribution in [2.45, 2.75) is 24.7 Å². The molecule has 2 aromatic carbocycles. The Kier molecular flexibility index (Phi) is 6.14. The predicted molar refractivity (Wildman–Crippen MR) is 109 cm³/mol. The Hall–Kier alpha value is -2.97. The largest absolute Gasteiger partial charge is 0.457 e. The smallest absolute Gasteiger partial charge is 0.306 e. The molecule has 0 amide bonds. The van der Waals surface area contributed by atoms with E-state index in [-0.39, 0.29) is 23.7 Å². The standard InChI is InChI=1S/C21H22N2O5S/c1-14-21(17-5-3-4-6-18(17)23-14)19(24)13-28-20(25)12-9-15-7-10-16(11-8-15)29(26,27)22-2/h3-8,10-11,22-23H,9,12-13H2,1-2H3. The summed E-state index contributed by atoms with van der Waals surface area (Å²) in [6.45, 7) is 1.49. The van der Waals surface area contributed by atoms with E-state index < -0.39 is 16.0 Å². The van der Waals surface area contributed by atoms with Crippen molar-refractivity contribution in [1.82, 2.24) is 9.71 Å². The number of ether oxygens (including phenoxy) is 1. The molecule has 1 aromatic heterocycles. The first kappa shape index (κ1) is 20.8. The molecule has 0 saturated heterocycles. The molecule has 29 heavy (non-hydrogen) atoms. The maximum Gasteiger partial charge on any atom is 0.306 e. The normalized spacial score (nSPS) is 11.5. The second-order valence-electron chi connectivity index (χ2n) is 6.61. The third kappa shape index (κ3) is 4.72. The topological polar surface area (TPSA) is 105 Å². The maximum absolute atomic E-state index is 12.5. The monoisotopic (exact) mass is 414 g/mol. The van der Waals surface area contributed by atoms with Gasteiger partial charge in [0, 0.05) is 28.6 Å². The van der Waals surface area contributed by atoms with Crippen LogP contribution < -0.4 is 4.72 Å². The quantitative estimate of drug-likeness (QED) is 0.436. The van der Waals surface area contributed by atoms with Gasteiger partial charge in [0.2, 0.25) is 15.8 Å². The van der Waals surface area contributed by atoms with Crippen molar-refractivity contribution >= 4 is 32.7 Å². The van der Waals surface area contributed by atoms with E-state index in [1.165, 1.54) is 19.2 Å². The summed E-state index contributed by atoms with van der Waals surface area (Å²) in [4.78, 5) is 27.9. The number of esters is 1. The predicted octanol–water partition coefficient (Wildman–Crippen LogP) is 2.74. The first-order valence-corrected chi connectivity index (χ1v) is 10.6. The summed E-state index contributed by atoms with van der Waals surface area (Å²) >= 11 is 0. The van der Waals surface area contributed by atoms with E-state index in [9.17, 15) is 18.0 Å². The summed E-state index contributed by atoms with van der Waals surface area (Å²) < 4.78 is 30.8. The van der Waals surface area contributed by atoms with Crippen LogP contribution in [0.1, 0.15) is 28.0 Å². The zero-order valence-corrected chi connectivity index (χ0v) is 17.0. The van der Waals surface area contributed by atoms with Gasteiger partial charge in [0.15, 0.2) is 6.61 Å². The fourth-order valence-corrected chi connectivity index (χ4v) is 3.86. The van der Waals surface area contributed by atoms with E-state index in [2.05, 4.69) is 9.71 Å². The number of hydrogen-bond donors (Lipinski definition) is 2. The number of carbonyl (C=O) groups is 2. The van der Waals surface area contributed by atoms with Crippen LogP contribution in [0.4, 0.5) is 0 Å². The number of fused-ring (bicyclic) bond motifs is 1. The van der Waals surface area contributed by atoms with Gasteiger partial charge in [0.1, 0.15) is 0 Å². The molecule has 0 aliphatic heterocycles. The minimum absolute atomic E-state index is 0.0955. The van der Waals surface area contributed by atoms with Gasteiger partial charge in [-0.3, -0.25) is 9.59 Å². The number of H-pyrrole nitrogens is 1. The lowest BCUT2D eigenvalue weighted by Gasteiger charge is -2.06. The average Bonchev–Trinajstić information content (AvgIpc) is 3.06. The van der Waals surface area contributed by atoms with Gasteiger partial charge in [-0.15, -0.1) is 0 Å². The number of ketones is 1. The van der Waals surface area contributed by atoms with Crippen LogP contribution in [-0.4, -0.2) is 38.8 Å². The van der Waals surface area contributed by atoms with Crippen LogP contribution >= 0.6 is 0 Å². The second kappa shape index (κ2) is 8.59. The fourth-order valence-electron chi connectivity index (χ4n) is 3.13. The Morgan fingerprint density at radius 1 is 1.07 bits per heavy atom. The molecule has 0 saturated carbocycles. The Bertz CT molecular complexity index is 1150. The number of hydrogen-bond acceptors (Lipinski definition) is 5. The summed E-state index contributed by atoms with van der Waals surface area (Å²) in [6, 6.07) is 13.7. The number of aromatic amines is 1. The molecule has 0 bridgehead atoms. The number of nitrogens with one attached hydrogen (secondary N) is 2. The van der Waals surface area contributed by atoms with E-state index in [0.29, 0.717) is 12.0 Å². The molecule has 7 nitrogen and oxygen atoms in total. The molecule has 0 unspecified atom stereocenters. The van der Waals surface area contributed by atoms with Gasteiger partial charge in [0.05, 0.1) is 4.90 Å². The summed E-state index contributed by atoms with van der Waals surface area (Å²) in [5.41, 5.74) is 2.94. The Labute approximate surface area is 169 Å². The Morgan fingerprint density at radius 2 is 1.76 bits per heavy atom. The molecular weight excluding hydrogens is 392 g/mol. The molecule has 3 rings (SSSR count). The minimum Gasteiger partial charge on any atom is -0.457 e. The number of aromatic nitrogens is 1. The summed E-state index contributed by atoms with van der Waals surface area (Å²) in [5.74, 6) is -0.738. The van der Waals surface area contributed by atoms with Crippen molar-refractivity contribution in [3.8, 4) is 0 Å². The highest BCUT2D eigenvalue weighted by atomic mass is 32.2. The zero-order chi connectivity index (χ0) is 21.0. The molecule has 3 aromatic rings. The average molecular weight is 414 g/mol. The number of Topliss-reactive ketones (excluding diaryl/α,β-unsaturated/α-hetero) is 1. The van der Waals surface area contributed by atoms with Crippen molar-refractivity contribution in [3.63, 3.8) is 0 Å². The van der Waals surface area contributed by atoms with E-state index in [0.717, 1.165) is 22.2 Å². The molecule has 0 spiro atoms. The van der Waals surface area contributed by atoms with Crippen molar-refractivity contribution in [3.05, 3.63) is 65.4 Å². The van der Waals surface area contributed by atoms with Crippen LogP contribution in [0.3, 0.4) is 0 Å². The summed E-state index contributed by atoms with van der Waals surface area (Å²) in [7, 11) is -2.14. The highest BCUT2D eigenvalue weighted by Gasteiger charge is 2.17. The highest BCUT2D eigenvalue weighted by molar-refractivity contribution is 7.89. The van der Waals surface area contributed by atoms with E-state index in [4.69, 9.17) is 4.74 Å². The van der Waals surface area contributed by atoms with E-state index >= 15 is 0 Å². The van der Waals surface area contributed by atoms with Gasteiger partial charge in [-0.05, 0) is 44.2 Å². The van der Waals surface area contributed by atoms with Gasteiger partial charge >= 0.3 is 5.97 Å². The van der Waals surface area contributed by atoms with E-state index in [1.54, 1.807) is 12.1 Å². The van der Waals surface area contributed by atoms with Gasteiger partial charge in [-0.2, -0.15) is 0 Å². The first-order valence-electron chi connectivity index (χ1n) is 9.10. The summed E-state index contributed by atoms with van der Waals surface area (Å²) in [5, 5.41) is 0.808. The Balaban J connectivity index is 1.55. The second-order valence-corrected chi connectivity index (χ2v) is 8.49. The molecule has 0 atom stereocenters. The van der Waals surface area contributed by atoms with Crippen LogP contribution in [-0.2, 0) is 26.0 Å². The van der Waals surface area contributed by atoms with Gasteiger partial charge in [-0.25, -0.2) is 13.1 Å². The Morgan fingerprint density at radius 3 is 2.45 bits per heavy atom. The van der Waals surface area contributed by atoms with Crippen LogP contribution in [0, 0.1) is 6.92 Å². The zero-order valence-electron chi connectivity index (χ0n) is 16.2. The number of rotatable bonds is 8. The molecule has 0 aliphatic carbocycles. The van der Waals surface area contributed by atoms with E-state index in [1.807, 2.05) is 31.2 Å². The van der Waals surface area contributed by atoms with Crippen LogP contribution in [0.2, 0.25) is 0 Å². The number of aryl methyl sites for hydroxylation is 2.